The Hall–Kier alpha value is -1.52. The molecule has 1 heterocycles. The highest BCUT2D eigenvalue weighted by Crippen LogP contribution is 2.26. The highest BCUT2D eigenvalue weighted by molar-refractivity contribution is 6.32. The van der Waals surface area contributed by atoms with E-state index in [1.165, 1.54) is 0 Å². The van der Waals surface area contributed by atoms with Crippen molar-refractivity contribution >= 4 is 11.6 Å². The lowest BCUT2D eigenvalue weighted by Gasteiger charge is -2.07. The number of phenols is 1. The summed E-state index contributed by atoms with van der Waals surface area (Å²) < 4.78 is 1.84. The zero-order chi connectivity index (χ0) is 13.1. The van der Waals surface area contributed by atoms with Crippen LogP contribution in [0.1, 0.15) is 16.8 Å². The number of hydrogen-bond acceptors (Lipinski definition) is 3. The normalized spacial score (nSPS) is 10.8. The van der Waals surface area contributed by atoms with Gasteiger partial charge in [0, 0.05) is 37.0 Å². The van der Waals surface area contributed by atoms with Crippen molar-refractivity contribution < 1.29 is 5.11 Å². The maximum absolute atomic E-state index is 9.77. The van der Waals surface area contributed by atoms with Gasteiger partial charge in [0.2, 0.25) is 0 Å². The van der Waals surface area contributed by atoms with Gasteiger partial charge in [0.25, 0.3) is 0 Å². The molecule has 0 atom stereocenters. The van der Waals surface area contributed by atoms with Crippen molar-refractivity contribution in [1.82, 2.24) is 15.1 Å². The van der Waals surface area contributed by atoms with Crippen LogP contribution in [0, 0.1) is 6.92 Å². The first-order valence-corrected chi connectivity index (χ1v) is 6.12. The zero-order valence-electron chi connectivity index (χ0n) is 10.4. The van der Waals surface area contributed by atoms with Crippen LogP contribution in [0.15, 0.2) is 24.4 Å². The van der Waals surface area contributed by atoms with E-state index in [9.17, 15) is 5.11 Å². The smallest absolute Gasteiger partial charge is 0.138 e. The van der Waals surface area contributed by atoms with Crippen LogP contribution in [0.3, 0.4) is 0 Å². The Bertz CT molecular complexity index is 551. The Morgan fingerprint density at radius 1 is 1.33 bits per heavy atom. The molecule has 5 heteroatoms. The Kier molecular flexibility index (Phi) is 3.89. The van der Waals surface area contributed by atoms with Crippen LogP contribution in [0.2, 0.25) is 5.02 Å². The van der Waals surface area contributed by atoms with Crippen molar-refractivity contribution in [1.29, 1.82) is 0 Å². The molecule has 0 aliphatic carbocycles. The Morgan fingerprint density at radius 2 is 2.06 bits per heavy atom. The van der Waals surface area contributed by atoms with Crippen molar-refractivity contribution in [2.24, 2.45) is 7.05 Å². The minimum absolute atomic E-state index is 0.148. The second-order valence-electron chi connectivity index (χ2n) is 4.23. The van der Waals surface area contributed by atoms with Crippen LogP contribution in [-0.4, -0.2) is 14.9 Å². The molecule has 0 radical (unpaired) electrons. The van der Waals surface area contributed by atoms with E-state index in [0.29, 0.717) is 18.1 Å². The Labute approximate surface area is 111 Å². The molecule has 0 spiro atoms. The second kappa shape index (κ2) is 5.42. The highest BCUT2D eigenvalue weighted by Gasteiger charge is 2.06. The fraction of sp³-hybridized carbons (Fsp3) is 0.308. The largest absolute Gasteiger partial charge is 0.506 e. The molecule has 0 saturated heterocycles. The summed E-state index contributed by atoms with van der Waals surface area (Å²) in [6.07, 6.45) is 1.85. The number of nitrogens with zero attached hydrogens (tertiary/aromatic N) is 2. The summed E-state index contributed by atoms with van der Waals surface area (Å²) in [7, 11) is 1.92. The predicted molar refractivity (Wildman–Crippen MR) is 71.6 cm³/mol. The van der Waals surface area contributed by atoms with Gasteiger partial charge in [-0.15, -0.1) is 0 Å². The van der Waals surface area contributed by atoms with Gasteiger partial charge in [-0.25, -0.2) is 0 Å². The zero-order valence-corrected chi connectivity index (χ0v) is 11.2. The van der Waals surface area contributed by atoms with Crippen LogP contribution >= 0.6 is 11.6 Å². The quantitative estimate of drug-likeness (QED) is 0.892. The first-order chi connectivity index (χ1) is 8.59. The topological polar surface area (TPSA) is 50.1 Å². The number of benzene rings is 1. The van der Waals surface area contributed by atoms with E-state index in [2.05, 4.69) is 10.4 Å². The van der Waals surface area contributed by atoms with Crippen molar-refractivity contribution in [2.45, 2.75) is 20.0 Å². The lowest BCUT2D eigenvalue weighted by Crippen LogP contribution is -2.13. The summed E-state index contributed by atoms with van der Waals surface area (Å²) in [6.45, 7) is 3.31. The molecule has 0 amide bonds. The molecule has 0 fully saturated rings. The van der Waals surface area contributed by atoms with Gasteiger partial charge >= 0.3 is 0 Å². The molecule has 2 aromatic rings. The SMILES string of the molecule is Cc1c(CNCc2cccc(Cl)c2O)cnn1C. The minimum atomic E-state index is 0.148. The lowest BCUT2D eigenvalue weighted by atomic mass is 10.2. The minimum Gasteiger partial charge on any atom is -0.506 e. The Morgan fingerprint density at radius 3 is 2.72 bits per heavy atom. The fourth-order valence-electron chi connectivity index (χ4n) is 1.75. The van der Waals surface area contributed by atoms with E-state index in [4.69, 9.17) is 11.6 Å². The van der Waals surface area contributed by atoms with Gasteiger partial charge in [-0.3, -0.25) is 4.68 Å². The number of phenolic OH excluding ortho intramolecular Hbond substituents is 1. The Balaban J connectivity index is 1.97. The first kappa shape index (κ1) is 12.9. The summed E-state index contributed by atoms with van der Waals surface area (Å²) >= 11 is 5.85. The van der Waals surface area contributed by atoms with E-state index < -0.39 is 0 Å². The second-order valence-corrected chi connectivity index (χ2v) is 4.64. The van der Waals surface area contributed by atoms with E-state index in [1.54, 1.807) is 6.07 Å². The fourth-order valence-corrected chi connectivity index (χ4v) is 1.95. The molecule has 4 nitrogen and oxygen atoms in total. The number of halogens is 1. The van der Waals surface area contributed by atoms with E-state index in [1.807, 2.05) is 37.0 Å². The van der Waals surface area contributed by atoms with Gasteiger partial charge in [0.1, 0.15) is 5.75 Å². The molecule has 2 rings (SSSR count). The third-order valence-electron chi connectivity index (χ3n) is 3.04. The van der Waals surface area contributed by atoms with E-state index in [0.717, 1.165) is 16.8 Å². The number of aromatic hydroxyl groups is 1. The molecule has 0 aliphatic rings. The summed E-state index contributed by atoms with van der Waals surface area (Å²) in [6, 6.07) is 5.35. The predicted octanol–water partition coefficient (Wildman–Crippen LogP) is 2.38. The molecule has 0 saturated carbocycles. The number of nitrogens with one attached hydrogen (secondary N) is 1. The number of hydrogen-bond donors (Lipinski definition) is 2. The summed E-state index contributed by atoms with van der Waals surface area (Å²) in [4.78, 5) is 0. The van der Waals surface area contributed by atoms with E-state index in [-0.39, 0.29) is 5.75 Å². The first-order valence-electron chi connectivity index (χ1n) is 5.74. The summed E-state index contributed by atoms with van der Waals surface area (Å²) in [5.74, 6) is 0.148. The van der Waals surface area contributed by atoms with Gasteiger partial charge in [-0.05, 0) is 13.0 Å². The third kappa shape index (κ3) is 2.66. The molecule has 1 aromatic carbocycles. The van der Waals surface area contributed by atoms with Gasteiger partial charge < -0.3 is 10.4 Å². The van der Waals surface area contributed by atoms with Crippen molar-refractivity contribution in [3.8, 4) is 5.75 Å². The maximum atomic E-state index is 9.77. The monoisotopic (exact) mass is 265 g/mol. The lowest BCUT2D eigenvalue weighted by molar-refractivity contribution is 0.464. The number of rotatable bonds is 4. The average Bonchev–Trinajstić information content (AvgIpc) is 2.66. The summed E-state index contributed by atoms with van der Waals surface area (Å²) in [5, 5.41) is 17.6. The van der Waals surface area contributed by atoms with Crippen molar-refractivity contribution in [3.63, 3.8) is 0 Å². The number of para-hydroxylation sites is 1. The molecule has 1 aromatic heterocycles. The van der Waals surface area contributed by atoms with Gasteiger partial charge in [-0.1, -0.05) is 23.7 Å². The molecule has 18 heavy (non-hydrogen) atoms. The van der Waals surface area contributed by atoms with Crippen LogP contribution in [-0.2, 0) is 20.1 Å². The average molecular weight is 266 g/mol. The van der Waals surface area contributed by atoms with Crippen LogP contribution in [0.4, 0.5) is 0 Å². The molecular weight excluding hydrogens is 250 g/mol. The van der Waals surface area contributed by atoms with Crippen LogP contribution < -0.4 is 5.32 Å². The van der Waals surface area contributed by atoms with Gasteiger partial charge in [0.05, 0.1) is 11.2 Å². The standard InChI is InChI=1S/C13H16ClN3O/c1-9-11(8-16-17(9)2)7-15-6-10-4-3-5-12(14)13(10)18/h3-5,8,15,18H,6-7H2,1-2H3. The molecule has 0 aliphatic heterocycles. The molecule has 2 N–H and O–H groups in total. The molecular formula is C13H16ClN3O. The maximum Gasteiger partial charge on any atom is 0.138 e. The highest BCUT2D eigenvalue weighted by atomic mass is 35.5. The third-order valence-corrected chi connectivity index (χ3v) is 3.34. The number of aryl methyl sites for hydroxylation is 1. The summed E-state index contributed by atoms with van der Waals surface area (Å²) in [5.41, 5.74) is 3.08. The van der Waals surface area contributed by atoms with Gasteiger partial charge in [0.15, 0.2) is 0 Å². The van der Waals surface area contributed by atoms with Crippen molar-refractivity contribution in [2.75, 3.05) is 0 Å². The van der Waals surface area contributed by atoms with E-state index >= 15 is 0 Å². The number of aromatic nitrogens is 2. The molecule has 96 valence electrons. The molecule has 0 unspecified atom stereocenters. The van der Waals surface area contributed by atoms with Crippen molar-refractivity contribution in [3.05, 3.63) is 46.2 Å². The van der Waals surface area contributed by atoms with Gasteiger partial charge in [-0.2, -0.15) is 5.10 Å². The van der Waals surface area contributed by atoms with Crippen LogP contribution in [0.5, 0.6) is 5.75 Å². The molecule has 0 bridgehead atoms. The van der Waals surface area contributed by atoms with Crippen LogP contribution in [0.25, 0.3) is 0 Å².